The van der Waals surface area contributed by atoms with Crippen molar-refractivity contribution in [1.29, 1.82) is 0 Å². The minimum atomic E-state index is -4.52. The summed E-state index contributed by atoms with van der Waals surface area (Å²) >= 11 is 2.85. The monoisotopic (exact) mass is 428 g/mol. The molecular weight excluding hydrogens is 417 g/mol. The Labute approximate surface area is 154 Å². The van der Waals surface area contributed by atoms with E-state index in [1.807, 2.05) is 6.07 Å². The molecule has 0 spiro atoms. The van der Waals surface area contributed by atoms with Gasteiger partial charge in [0.05, 0.1) is 11.3 Å². The van der Waals surface area contributed by atoms with E-state index in [9.17, 15) is 18.0 Å². The van der Waals surface area contributed by atoms with Crippen molar-refractivity contribution in [2.45, 2.75) is 6.18 Å². The van der Waals surface area contributed by atoms with Crippen molar-refractivity contribution in [3.05, 3.63) is 58.8 Å². The summed E-state index contributed by atoms with van der Waals surface area (Å²) in [5, 5.41) is 8.78. The van der Waals surface area contributed by atoms with Crippen LogP contribution in [0.15, 0.2) is 53.3 Å². The Hall–Kier alpha value is -2.75. The summed E-state index contributed by atoms with van der Waals surface area (Å²) in [6.45, 7) is -0.345. The standard InChI is InChI=1S/C16H12BrF3N4O2/c17-14-5-4-10(6-13(14)16(18,19)20)22-15(25)8-26-12-3-1-2-11(7-12)24-9-21-23-24/h1-7,9,23H,8H2,(H,22,25). The lowest BCUT2D eigenvalue weighted by Gasteiger charge is -2.13. The molecule has 26 heavy (non-hydrogen) atoms. The van der Waals surface area contributed by atoms with Gasteiger partial charge >= 0.3 is 6.18 Å². The van der Waals surface area contributed by atoms with E-state index >= 15 is 0 Å². The predicted octanol–water partition coefficient (Wildman–Crippen LogP) is 4.00. The third-order valence-corrected chi connectivity index (χ3v) is 4.05. The van der Waals surface area contributed by atoms with Crippen LogP contribution in [-0.4, -0.2) is 27.5 Å². The molecule has 0 radical (unpaired) electrons. The van der Waals surface area contributed by atoms with Gasteiger partial charge in [0.2, 0.25) is 0 Å². The summed E-state index contributed by atoms with van der Waals surface area (Å²) in [4.78, 5) is 11.9. The van der Waals surface area contributed by atoms with Crippen LogP contribution in [0.2, 0.25) is 0 Å². The van der Waals surface area contributed by atoms with E-state index in [-0.39, 0.29) is 16.8 Å². The number of nitrogens with one attached hydrogen (secondary N) is 2. The number of halogens is 4. The smallest absolute Gasteiger partial charge is 0.417 e. The van der Waals surface area contributed by atoms with Gasteiger partial charge in [0.25, 0.3) is 5.91 Å². The average molecular weight is 429 g/mol. The number of rotatable bonds is 5. The first-order valence-corrected chi connectivity index (χ1v) is 8.10. The lowest BCUT2D eigenvalue weighted by Crippen LogP contribution is -2.20. The Morgan fingerprint density at radius 3 is 2.69 bits per heavy atom. The fourth-order valence-electron chi connectivity index (χ4n) is 2.13. The lowest BCUT2D eigenvalue weighted by atomic mass is 10.2. The number of ether oxygens (including phenoxy) is 1. The molecule has 0 aliphatic heterocycles. The summed E-state index contributed by atoms with van der Waals surface area (Å²) < 4.78 is 45.6. The molecule has 1 heterocycles. The van der Waals surface area contributed by atoms with E-state index in [0.717, 1.165) is 11.8 Å². The van der Waals surface area contributed by atoms with Gasteiger partial charge in [0.1, 0.15) is 12.1 Å². The molecule has 2 aromatic carbocycles. The van der Waals surface area contributed by atoms with Gasteiger partial charge in [0, 0.05) is 16.2 Å². The second-order valence-corrected chi connectivity index (χ2v) is 6.10. The van der Waals surface area contributed by atoms with E-state index in [1.165, 1.54) is 12.1 Å². The quantitative estimate of drug-likeness (QED) is 0.644. The van der Waals surface area contributed by atoms with Gasteiger partial charge < -0.3 is 10.1 Å². The maximum atomic E-state index is 12.9. The zero-order valence-electron chi connectivity index (χ0n) is 13.0. The van der Waals surface area contributed by atoms with E-state index in [1.54, 1.807) is 29.2 Å². The highest BCUT2D eigenvalue weighted by Crippen LogP contribution is 2.36. The molecule has 1 amide bonds. The Kier molecular flexibility index (Phi) is 5.03. The molecular formula is C16H12BrF3N4O2. The Balaban J connectivity index is 1.62. The first-order chi connectivity index (χ1) is 12.3. The highest BCUT2D eigenvalue weighted by Gasteiger charge is 2.33. The molecule has 0 bridgehead atoms. The number of amides is 1. The SMILES string of the molecule is O=C(COc1cccc(-n2cn[nH]2)c1)Nc1ccc(Br)c(C(F)(F)F)c1. The number of benzene rings is 2. The minimum absolute atomic E-state index is 0.0314. The molecule has 3 aromatic rings. The van der Waals surface area contributed by atoms with Crippen LogP contribution in [0.4, 0.5) is 18.9 Å². The van der Waals surface area contributed by atoms with Crippen LogP contribution < -0.4 is 10.1 Å². The molecule has 0 saturated carbocycles. The molecule has 0 saturated heterocycles. The lowest BCUT2D eigenvalue weighted by molar-refractivity contribution is -0.138. The van der Waals surface area contributed by atoms with E-state index in [2.05, 4.69) is 31.6 Å². The maximum absolute atomic E-state index is 12.9. The number of hydrogen-bond donors (Lipinski definition) is 2. The zero-order valence-corrected chi connectivity index (χ0v) is 14.6. The summed E-state index contributed by atoms with van der Waals surface area (Å²) in [7, 11) is 0. The number of aromatic amines is 1. The predicted molar refractivity (Wildman–Crippen MR) is 91.2 cm³/mol. The van der Waals surface area contributed by atoms with Crippen LogP contribution in [0.5, 0.6) is 5.75 Å². The number of H-pyrrole nitrogens is 1. The van der Waals surface area contributed by atoms with Crippen molar-refractivity contribution in [2.24, 2.45) is 0 Å². The number of anilines is 1. The molecule has 0 unspecified atom stereocenters. The second-order valence-electron chi connectivity index (χ2n) is 5.24. The Morgan fingerprint density at radius 2 is 2.04 bits per heavy atom. The first-order valence-electron chi connectivity index (χ1n) is 7.30. The number of carbonyl (C=O) groups excluding carboxylic acids is 1. The number of carbonyl (C=O) groups is 1. The molecule has 0 aliphatic rings. The van der Waals surface area contributed by atoms with Gasteiger partial charge in [-0.15, -0.1) is 5.10 Å². The van der Waals surface area contributed by atoms with Gasteiger partial charge in [-0.05, 0) is 30.3 Å². The van der Waals surface area contributed by atoms with Crippen molar-refractivity contribution in [3.63, 3.8) is 0 Å². The number of aromatic nitrogens is 3. The molecule has 136 valence electrons. The van der Waals surface area contributed by atoms with Crippen molar-refractivity contribution < 1.29 is 22.7 Å². The summed E-state index contributed by atoms with van der Waals surface area (Å²) in [6, 6.07) is 10.4. The number of hydrogen-bond acceptors (Lipinski definition) is 3. The maximum Gasteiger partial charge on any atom is 0.417 e. The summed E-state index contributed by atoms with van der Waals surface area (Å²) in [6.07, 6.45) is -2.96. The van der Waals surface area contributed by atoms with E-state index in [0.29, 0.717) is 5.75 Å². The van der Waals surface area contributed by atoms with Gasteiger partial charge in [-0.2, -0.15) is 13.2 Å². The highest BCUT2D eigenvalue weighted by atomic mass is 79.9. The van der Waals surface area contributed by atoms with E-state index < -0.39 is 17.6 Å². The average Bonchev–Trinajstić information content (AvgIpc) is 2.52. The van der Waals surface area contributed by atoms with Crippen LogP contribution in [0.25, 0.3) is 5.69 Å². The minimum Gasteiger partial charge on any atom is -0.484 e. The molecule has 2 N–H and O–H groups in total. The van der Waals surface area contributed by atoms with Crippen LogP contribution >= 0.6 is 15.9 Å². The Bertz CT molecular complexity index is 911. The van der Waals surface area contributed by atoms with Crippen LogP contribution in [0.1, 0.15) is 5.56 Å². The van der Waals surface area contributed by atoms with Crippen LogP contribution in [0, 0.1) is 0 Å². The number of nitrogens with zero attached hydrogens (tertiary/aromatic N) is 2. The Morgan fingerprint density at radius 1 is 1.27 bits per heavy atom. The van der Waals surface area contributed by atoms with Crippen molar-refractivity contribution in [3.8, 4) is 11.4 Å². The third-order valence-electron chi connectivity index (χ3n) is 3.36. The molecule has 6 nitrogen and oxygen atoms in total. The van der Waals surface area contributed by atoms with E-state index in [4.69, 9.17) is 4.74 Å². The summed E-state index contributed by atoms with van der Waals surface area (Å²) in [5.41, 5.74) is -0.0721. The van der Waals surface area contributed by atoms with Crippen molar-refractivity contribution in [1.82, 2.24) is 15.0 Å². The third kappa shape index (κ3) is 4.26. The van der Waals surface area contributed by atoms with Gasteiger partial charge in [0.15, 0.2) is 6.61 Å². The highest BCUT2D eigenvalue weighted by molar-refractivity contribution is 9.10. The normalized spacial score (nSPS) is 11.4. The molecule has 0 aliphatic carbocycles. The van der Waals surface area contributed by atoms with Crippen LogP contribution in [-0.2, 0) is 11.0 Å². The molecule has 0 fully saturated rings. The first kappa shape index (κ1) is 18.1. The molecule has 1 aromatic heterocycles. The topological polar surface area (TPSA) is 71.9 Å². The molecule has 10 heteroatoms. The fourth-order valence-corrected chi connectivity index (χ4v) is 2.60. The van der Waals surface area contributed by atoms with Crippen molar-refractivity contribution >= 4 is 27.5 Å². The summed E-state index contributed by atoms with van der Waals surface area (Å²) in [5.74, 6) is -0.138. The van der Waals surface area contributed by atoms with Crippen molar-refractivity contribution in [2.75, 3.05) is 11.9 Å². The zero-order chi connectivity index (χ0) is 18.7. The van der Waals surface area contributed by atoms with Crippen LogP contribution in [0.3, 0.4) is 0 Å². The van der Waals surface area contributed by atoms with Gasteiger partial charge in [-0.3, -0.25) is 4.79 Å². The van der Waals surface area contributed by atoms with Gasteiger partial charge in [-0.25, -0.2) is 9.90 Å². The molecule has 0 atom stereocenters. The second kappa shape index (κ2) is 7.24. The largest absolute Gasteiger partial charge is 0.484 e. The number of alkyl halides is 3. The fraction of sp³-hybridized carbons (Fsp3) is 0.125. The van der Waals surface area contributed by atoms with Gasteiger partial charge in [-0.1, -0.05) is 22.0 Å². The molecule has 3 rings (SSSR count).